The molecule has 5 rings (SSSR count). The van der Waals surface area contributed by atoms with Gasteiger partial charge < -0.3 is 9.80 Å². The van der Waals surface area contributed by atoms with Crippen LogP contribution in [0.5, 0.6) is 0 Å². The number of nitrogens with zero attached hydrogens (tertiary/aromatic N) is 7. The second kappa shape index (κ2) is 12.1. The number of rotatable bonds is 7. The fourth-order valence-electron chi connectivity index (χ4n) is 6.06. The molecule has 0 spiro atoms. The zero-order chi connectivity index (χ0) is 33.4. The van der Waals surface area contributed by atoms with Crippen molar-refractivity contribution in [2.75, 3.05) is 18.0 Å². The number of carbonyl (C=O) groups is 1. The van der Waals surface area contributed by atoms with E-state index in [4.69, 9.17) is 7.73 Å². The van der Waals surface area contributed by atoms with Crippen LogP contribution in [0.15, 0.2) is 60.6 Å². The van der Waals surface area contributed by atoms with Gasteiger partial charge in [-0.3, -0.25) is 4.79 Å². The summed E-state index contributed by atoms with van der Waals surface area (Å²) in [4.78, 5) is 49.0. The van der Waals surface area contributed by atoms with Crippen molar-refractivity contribution in [1.29, 1.82) is 0 Å². The standard InChI is InChI=1S/C34H38FN7O2/c1-9-23-13-11-12-14-24(23)30-26(35)15-25-32(38-30)42(31-28(19(3)4)36-18-37-29(31)20(5)6)34(44)39-33(25)41-21(7)16-40(17-22(41)8)27(43)10-2/h9-15,18-22H,1-2,16-17H2,3-8H3/t21-,22-/m0/s1/i1D2. The number of hydrogen-bond acceptors (Lipinski definition) is 7. The van der Waals surface area contributed by atoms with Crippen molar-refractivity contribution >= 4 is 28.8 Å². The number of piperazine rings is 1. The second-order valence-electron chi connectivity index (χ2n) is 11.8. The Labute approximate surface area is 259 Å². The molecule has 228 valence electrons. The minimum atomic E-state index is -0.656. The van der Waals surface area contributed by atoms with Crippen LogP contribution in [0.25, 0.3) is 34.1 Å². The fourth-order valence-corrected chi connectivity index (χ4v) is 6.06. The molecular weight excluding hydrogens is 557 g/mol. The minimum Gasteiger partial charge on any atom is -0.347 e. The number of pyridine rings is 1. The monoisotopic (exact) mass is 597 g/mol. The lowest BCUT2D eigenvalue weighted by Gasteiger charge is -2.45. The molecule has 0 saturated carbocycles. The van der Waals surface area contributed by atoms with Crippen molar-refractivity contribution in [3.63, 3.8) is 0 Å². The smallest absolute Gasteiger partial charge is 0.347 e. The Bertz CT molecular complexity index is 1880. The van der Waals surface area contributed by atoms with E-state index in [0.717, 1.165) is 0 Å². The van der Waals surface area contributed by atoms with E-state index in [-0.39, 0.29) is 47.0 Å². The highest BCUT2D eigenvalue weighted by atomic mass is 19.1. The lowest BCUT2D eigenvalue weighted by molar-refractivity contribution is -0.127. The minimum absolute atomic E-state index is 0.0394. The molecule has 0 unspecified atom stereocenters. The van der Waals surface area contributed by atoms with E-state index in [2.05, 4.69) is 21.5 Å². The average molecular weight is 598 g/mol. The van der Waals surface area contributed by atoms with Crippen LogP contribution in [0.3, 0.4) is 0 Å². The first-order chi connectivity index (χ1) is 21.8. The Balaban J connectivity index is 1.89. The highest BCUT2D eigenvalue weighted by Crippen LogP contribution is 2.36. The molecule has 4 heterocycles. The maximum Gasteiger partial charge on any atom is 0.355 e. The third kappa shape index (κ3) is 5.29. The molecule has 1 fully saturated rings. The number of halogens is 1. The maximum absolute atomic E-state index is 16.3. The van der Waals surface area contributed by atoms with E-state index < -0.39 is 18.0 Å². The van der Waals surface area contributed by atoms with E-state index in [1.165, 1.54) is 29.1 Å². The molecule has 10 heteroatoms. The van der Waals surface area contributed by atoms with Gasteiger partial charge >= 0.3 is 5.69 Å². The van der Waals surface area contributed by atoms with Gasteiger partial charge in [0.15, 0.2) is 5.65 Å². The lowest BCUT2D eigenvalue weighted by atomic mass is 10.0. The Morgan fingerprint density at radius 3 is 2.30 bits per heavy atom. The first-order valence-corrected chi connectivity index (χ1v) is 14.8. The van der Waals surface area contributed by atoms with Crippen LogP contribution in [0.2, 0.25) is 0 Å². The summed E-state index contributed by atoms with van der Waals surface area (Å²) in [5.41, 5.74) is 2.03. The molecule has 1 saturated heterocycles. The number of aromatic nitrogens is 5. The fraction of sp³-hybridized carbons (Fsp3) is 0.353. The van der Waals surface area contributed by atoms with E-state index in [1.54, 1.807) is 29.2 Å². The number of hydrogen-bond donors (Lipinski definition) is 0. The van der Waals surface area contributed by atoms with Crippen LogP contribution in [-0.4, -0.2) is 60.5 Å². The second-order valence-corrected chi connectivity index (χ2v) is 11.8. The van der Waals surface area contributed by atoms with E-state index >= 15 is 4.39 Å². The summed E-state index contributed by atoms with van der Waals surface area (Å²) in [5, 5.41) is 0.311. The molecule has 3 aromatic heterocycles. The predicted octanol–water partition coefficient (Wildman–Crippen LogP) is 5.88. The van der Waals surface area contributed by atoms with Crippen molar-refractivity contribution in [2.45, 2.75) is 65.5 Å². The van der Waals surface area contributed by atoms with Crippen LogP contribution < -0.4 is 10.6 Å². The Morgan fingerprint density at radius 1 is 1.07 bits per heavy atom. The van der Waals surface area contributed by atoms with Gasteiger partial charge in [0.05, 0.1) is 25.2 Å². The molecule has 9 nitrogen and oxygen atoms in total. The molecular formula is C34H38FN7O2. The molecule has 2 atom stereocenters. The Morgan fingerprint density at radius 2 is 1.70 bits per heavy atom. The van der Waals surface area contributed by atoms with Gasteiger partial charge in [0.25, 0.3) is 0 Å². The number of benzene rings is 1. The third-order valence-electron chi connectivity index (χ3n) is 8.02. The van der Waals surface area contributed by atoms with Gasteiger partial charge in [-0.25, -0.2) is 28.7 Å². The predicted molar refractivity (Wildman–Crippen MR) is 173 cm³/mol. The van der Waals surface area contributed by atoms with Crippen LogP contribution in [-0.2, 0) is 4.79 Å². The van der Waals surface area contributed by atoms with Crippen LogP contribution in [0, 0.1) is 5.82 Å². The largest absolute Gasteiger partial charge is 0.355 e. The molecule has 0 N–H and O–H groups in total. The number of fused-ring (bicyclic) bond motifs is 1. The van der Waals surface area contributed by atoms with Gasteiger partial charge in [-0.05, 0) is 43.4 Å². The first-order valence-electron chi connectivity index (χ1n) is 15.8. The van der Waals surface area contributed by atoms with Crippen LogP contribution >= 0.6 is 0 Å². The zero-order valence-electron chi connectivity index (χ0n) is 27.9. The van der Waals surface area contributed by atoms with Gasteiger partial charge in [0, 0.05) is 30.7 Å². The molecule has 1 aliphatic rings. The maximum atomic E-state index is 16.3. The quantitative estimate of drug-likeness (QED) is 0.246. The van der Waals surface area contributed by atoms with Gasteiger partial charge in [-0.1, -0.05) is 71.1 Å². The molecule has 44 heavy (non-hydrogen) atoms. The highest BCUT2D eigenvalue weighted by Gasteiger charge is 2.35. The normalized spacial score (nSPS) is 17.6. The van der Waals surface area contributed by atoms with E-state index in [0.29, 0.717) is 46.7 Å². The lowest BCUT2D eigenvalue weighted by Crippen LogP contribution is -2.58. The van der Waals surface area contributed by atoms with Crippen molar-refractivity contribution < 1.29 is 11.9 Å². The van der Waals surface area contributed by atoms with Gasteiger partial charge in [0.1, 0.15) is 23.7 Å². The number of anilines is 1. The van der Waals surface area contributed by atoms with Gasteiger partial charge in [-0.15, -0.1) is 0 Å². The average Bonchev–Trinajstić information content (AvgIpc) is 3.00. The molecule has 1 aliphatic heterocycles. The summed E-state index contributed by atoms with van der Waals surface area (Å²) in [6.45, 7) is 15.6. The highest BCUT2D eigenvalue weighted by molar-refractivity contribution is 5.92. The molecule has 4 aromatic rings. The zero-order valence-corrected chi connectivity index (χ0v) is 25.9. The molecule has 1 aromatic carbocycles. The molecule has 1 amide bonds. The summed E-state index contributed by atoms with van der Waals surface area (Å²) >= 11 is 0. The SMILES string of the molecule is [2H]C([2H])=Cc1ccccc1-c1nc2c(cc1F)c(N1[C@@H](C)CN(C(=O)C=C)C[C@@H]1C)nc(=O)n2-c1c(C(C)C)ncnc1C(C)C. The van der Waals surface area contributed by atoms with E-state index in [1.807, 2.05) is 46.4 Å². The summed E-state index contributed by atoms with van der Waals surface area (Å²) in [6.07, 6.45) is 4.08. The third-order valence-corrected chi connectivity index (χ3v) is 8.02. The van der Waals surface area contributed by atoms with Gasteiger partial charge in [-0.2, -0.15) is 4.98 Å². The number of carbonyl (C=O) groups excluding carboxylic acids is 1. The molecule has 0 radical (unpaired) electrons. The molecule has 0 bridgehead atoms. The summed E-state index contributed by atoms with van der Waals surface area (Å²) in [7, 11) is 0. The first kappa shape index (κ1) is 28.1. The topological polar surface area (TPSA) is 97.1 Å². The van der Waals surface area contributed by atoms with Crippen LogP contribution in [0.4, 0.5) is 10.2 Å². The number of amides is 1. The summed E-state index contributed by atoms with van der Waals surface area (Å²) in [6, 6.07) is 7.62. The van der Waals surface area contributed by atoms with Gasteiger partial charge in [0.2, 0.25) is 5.91 Å². The van der Waals surface area contributed by atoms with Crippen molar-refractivity contribution in [3.8, 4) is 16.9 Å². The van der Waals surface area contributed by atoms with Crippen molar-refractivity contribution in [2.24, 2.45) is 0 Å². The van der Waals surface area contributed by atoms with Crippen molar-refractivity contribution in [1.82, 2.24) is 29.4 Å². The van der Waals surface area contributed by atoms with Crippen molar-refractivity contribution in [3.05, 3.63) is 89.1 Å². The van der Waals surface area contributed by atoms with Crippen LogP contribution in [0.1, 0.15) is 73.1 Å². The van der Waals surface area contributed by atoms with E-state index in [9.17, 15) is 9.59 Å². The Hall–Kier alpha value is -4.73. The Kier molecular flexibility index (Phi) is 7.72. The summed E-state index contributed by atoms with van der Waals surface area (Å²) in [5.74, 6) is -0.762. The molecule has 0 aliphatic carbocycles. The summed E-state index contributed by atoms with van der Waals surface area (Å²) < 4.78 is 33.1.